The highest BCUT2D eigenvalue weighted by Crippen LogP contribution is 2.22. The second-order valence-electron chi connectivity index (χ2n) is 3.39. The molecule has 1 fully saturated rings. The maximum atomic E-state index is 11.1. The molecule has 1 aliphatic heterocycles. The van der Waals surface area contributed by atoms with Crippen LogP contribution in [0, 0.1) is 5.92 Å². The quantitative estimate of drug-likeness (QED) is 0.589. The van der Waals surface area contributed by atoms with E-state index in [4.69, 9.17) is 0 Å². The summed E-state index contributed by atoms with van der Waals surface area (Å²) in [6.07, 6.45) is 0.213. The van der Waals surface area contributed by atoms with Crippen LogP contribution < -0.4 is 0 Å². The van der Waals surface area contributed by atoms with Crippen LogP contribution in [0.2, 0.25) is 0 Å². The van der Waals surface area contributed by atoms with Gasteiger partial charge in [-0.3, -0.25) is 4.18 Å². The van der Waals surface area contributed by atoms with E-state index < -0.39 is 26.1 Å². The summed E-state index contributed by atoms with van der Waals surface area (Å²) in [5, 5.41) is 0. The first kappa shape index (κ1) is 10.9. The van der Waals surface area contributed by atoms with Gasteiger partial charge in [-0.2, -0.15) is 8.42 Å². The Balaban J connectivity index is 2.76. The van der Waals surface area contributed by atoms with Gasteiger partial charge in [0, 0.05) is 0 Å². The second kappa shape index (κ2) is 3.21. The molecule has 0 saturated carbocycles. The first-order valence-electron chi connectivity index (χ1n) is 3.78. The average molecular weight is 228 g/mol. The number of hydrogen-bond donors (Lipinski definition) is 0. The fraction of sp³-hybridized carbons (Fsp3) is 1.00. The Morgan fingerprint density at radius 3 is 2.15 bits per heavy atom. The molecule has 1 aliphatic rings. The third-order valence-corrected chi connectivity index (χ3v) is 4.33. The molecule has 1 rings (SSSR count). The Morgan fingerprint density at radius 2 is 1.85 bits per heavy atom. The third kappa shape index (κ3) is 3.24. The van der Waals surface area contributed by atoms with E-state index in [0.29, 0.717) is 0 Å². The minimum absolute atomic E-state index is 0.00713. The van der Waals surface area contributed by atoms with E-state index in [1.165, 1.54) is 0 Å². The zero-order chi connectivity index (χ0) is 10.3. The normalized spacial score (nSPS) is 33.4. The van der Waals surface area contributed by atoms with Gasteiger partial charge in [-0.1, -0.05) is 6.92 Å². The van der Waals surface area contributed by atoms with Crippen molar-refractivity contribution < 1.29 is 21.0 Å². The second-order valence-corrected chi connectivity index (χ2v) is 7.15. The fourth-order valence-corrected chi connectivity index (χ4v) is 4.18. The van der Waals surface area contributed by atoms with Crippen molar-refractivity contribution in [2.75, 3.05) is 17.8 Å². The van der Waals surface area contributed by atoms with Gasteiger partial charge in [-0.15, -0.1) is 0 Å². The number of sulfone groups is 1. The first-order valence-corrected chi connectivity index (χ1v) is 7.42. The lowest BCUT2D eigenvalue weighted by molar-refractivity contribution is 0.194. The van der Waals surface area contributed by atoms with Crippen molar-refractivity contribution in [1.29, 1.82) is 0 Å². The topological polar surface area (TPSA) is 77.5 Å². The lowest BCUT2D eigenvalue weighted by Gasteiger charge is -2.11. The highest BCUT2D eigenvalue weighted by atomic mass is 32.2. The van der Waals surface area contributed by atoms with Gasteiger partial charge in [-0.05, 0) is 5.92 Å². The molecule has 2 atom stereocenters. The van der Waals surface area contributed by atoms with Gasteiger partial charge in [0.2, 0.25) is 0 Å². The molecule has 0 bridgehead atoms. The lowest BCUT2D eigenvalue weighted by Crippen LogP contribution is -2.23. The molecule has 0 aromatic heterocycles. The summed E-state index contributed by atoms with van der Waals surface area (Å²) in [5.41, 5.74) is 0. The van der Waals surface area contributed by atoms with Crippen LogP contribution in [-0.2, 0) is 24.1 Å². The minimum Gasteiger partial charge on any atom is -0.266 e. The summed E-state index contributed by atoms with van der Waals surface area (Å²) in [6, 6.07) is 0. The van der Waals surface area contributed by atoms with Crippen molar-refractivity contribution in [3.8, 4) is 0 Å². The highest BCUT2D eigenvalue weighted by molar-refractivity contribution is 7.91. The molecule has 13 heavy (non-hydrogen) atoms. The number of rotatable bonds is 2. The largest absolute Gasteiger partial charge is 0.266 e. The predicted molar refractivity (Wildman–Crippen MR) is 47.5 cm³/mol. The summed E-state index contributed by atoms with van der Waals surface area (Å²) in [7, 11) is -6.66. The van der Waals surface area contributed by atoms with Gasteiger partial charge in [0.1, 0.15) is 0 Å². The molecule has 7 heteroatoms. The van der Waals surface area contributed by atoms with Crippen LogP contribution in [0.15, 0.2) is 0 Å². The van der Waals surface area contributed by atoms with Crippen LogP contribution in [0.25, 0.3) is 0 Å². The summed E-state index contributed by atoms with van der Waals surface area (Å²) >= 11 is 0. The maximum absolute atomic E-state index is 11.1. The Labute approximate surface area is 78.1 Å². The van der Waals surface area contributed by atoms with Gasteiger partial charge in [0.15, 0.2) is 9.84 Å². The molecule has 0 unspecified atom stereocenters. The third-order valence-electron chi connectivity index (χ3n) is 1.87. The summed E-state index contributed by atoms with van der Waals surface area (Å²) in [6.45, 7) is 1.67. The molecule has 0 aliphatic carbocycles. The molecule has 0 radical (unpaired) electrons. The molecule has 5 nitrogen and oxygen atoms in total. The SMILES string of the molecule is C[C@@H]1CS(=O)(=O)C[C@H]1OS(C)(=O)=O. The van der Waals surface area contributed by atoms with E-state index >= 15 is 0 Å². The van der Waals surface area contributed by atoms with E-state index in [2.05, 4.69) is 4.18 Å². The Kier molecular flexibility index (Phi) is 2.70. The van der Waals surface area contributed by atoms with Crippen LogP contribution >= 0.6 is 0 Å². The van der Waals surface area contributed by atoms with Crippen molar-refractivity contribution >= 4 is 20.0 Å². The molecular formula is C6H12O5S2. The number of hydrogen-bond acceptors (Lipinski definition) is 5. The van der Waals surface area contributed by atoms with Crippen LogP contribution in [0.1, 0.15) is 6.92 Å². The van der Waals surface area contributed by atoms with E-state index in [1.54, 1.807) is 6.92 Å². The monoisotopic (exact) mass is 228 g/mol. The minimum atomic E-state index is -3.56. The van der Waals surface area contributed by atoms with Gasteiger partial charge in [0.05, 0.1) is 23.9 Å². The van der Waals surface area contributed by atoms with E-state index in [0.717, 1.165) is 6.26 Å². The molecule has 0 aromatic rings. The molecule has 0 spiro atoms. The van der Waals surface area contributed by atoms with Crippen molar-refractivity contribution in [2.24, 2.45) is 5.92 Å². The molecule has 78 valence electrons. The van der Waals surface area contributed by atoms with Gasteiger partial charge >= 0.3 is 0 Å². The maximum Gasteiger partial charge on any atom is 0.264 e. The van der Waals surface area contributed by atoms with Crippen LogP contribution in [0.4, 0.5) is 0 Å². The van der Waals surface area contributed by atoms with Crippen molar-refractivity contribution in [3.05, 3.63) is 0 Å². The zero-order valence-electron chi connectivity index (χ0n) is 7.43. The van der Waals surface area contributed by atoms with Crippen molar-refractivity contribution in [2.45, 2.75) is 13.0 Å². The van der Waals surface area contributed by atoms with Gasteiger partial charge in [0.25, 0.3) is 10.1 Å². The molecule has 0 N–H and O–H groups in total. The van der Waals surface area contributed by atoms with Crippen molar-refractivity contribution in [1.82, 2.24) is 0 Å². The Bertz CT molecular complexity index is 379. The fourth-order valence-electron chi connectivity index (χ4n) is 1.34. The van der Waals surface area contributed by atoms with E-state index in [-0.39, 0.29) is 17.4 Å². The molecule has 1 heterocycles. The zero-order valence-corrected chi connectivity index (χ0v) is 9.06. The highest BCUT2D eigenvalue weighted by Gasteiger charge is 2.37. The predicted octanol–water partition coefficient (Wildman–Crippen LogP) is -0.604. The van der Waals surface area contributed by atoms with Gasteiger partial charge < -0.3 is 0 Å². The van der Waals surface area contributed by atoms with Crippen LogP contribution in [0.5, 0.6) is 0 Å². The lowest BCUT2D eigenvalue weighted by atomic mass is 10.1. The Morgan fingerprint density at radius 1 is 1.31 bits per heavy atom. The summed E-state index contributed by atoms with van der Waals surface area (Å²) in [5.74, 6) is -0.436. The molecule has 0 aromatic carbocycles. The Hall–Kier alpha value is -0.140. The molecule has 1 saturated heterocycles. The average Bonchev–Trinajstić information content (AvgIpc) is 2.00. The van der Waals surface area contributed by atoms with Crippen molar-refractivity contribution in [3.63, 3.8) is 0 Å². The summed E-state index contributed by atoms with van der Waals surface area (Å²) in [4.78, 5) is 0. The van der Waals surface area contributed by atoms with Crippen LogP contribution in [-0.4, -0.2) is 40.7 Å². The smallest absolute Gasteiger partial charge is 0.264 e. The molecular weight excluding hydrogens is 216 g/mol. The van der Waals surface area contributed by atoms with Gasteiger partial charge in [-0.25, -0.2) is 8.42 Å². The van der Waals surface area contributed by atoms with E-state index in [9.17, 15) is 16.8 Å². The molecule has 0 amide bonds. The first-order chi connectivity index (χ1) is 5.70. The summed E-state index contributed by atoms with van der Waals surface area (Å²) < 4.78 is 48.2. The van der Waals surface area contributed by atoms with E-state index in [1.807, 2.05) is 0 Å². The standard InChI is InChI=1S/C6H12O5S2/c1-5-3-13(9,10)4-6(5)11-12(2,7)8/h5-6H,3-4H2,1-2H3/t5-,6-/m1/s1. The van der Waals surface area contributed by atoms with Crippen LogP contribution in [0.3, 0.4) is 0 Å².